The third kappa shape index (κ3) is 2.00. The van der Waals surface area contributed by atoms with Crippen LogP contribution in [0.1, 0.15) is 37.8 Å². The molecule has 1 rings (SSSR count). The Morgan fingerprint density at radius 2 is 2.00 bits per heavy atom. The monoisotopic (exact) mass is 181 g/mol. The van der Waals surface area contributed by atoms with Gasteiger partial charge in [0.25, 0.3) is 0 Å². The fraction of sp³-hybridized carbons (Fsp3) is 0.455. The Morgan fingerprint density at radius 3 is 2.46 bits per heavy atom. The van der Waals surface area contributed by atoms with Crippen molar-refractivity contribution in [1.29, 1.82) is 0 Å². The number of aryl methyl sites for hydroxylation is 1. The normalized spacial score (nSPS) is 10.8. The van der Waals surface area contributed by atoms with Gasteiger partial charge in [0, 0.05) is 0 Å². The van der Waals surface area contributed by atoms with Crippen LogP contribution in [0, 0.1) is 5.82 Å². The lowest BCUT2D eigenvalue weighted by molar-refractivity contribution is 0.628. The molecule has 0 bridgehead atoms. The first kappa shape index (κ1) is 10.0. The highest BCUT2D eigenvalue weighted by Gasteiger charge is 2.09. The minimum atomic E-state index is -0.304. The van der Waals surface area contributed by atoms with E-state index in [9.17, 15) is 4.39 Å². The predicted molar refractivity (Wildman–Crippen MR) is 54.3 cm³/mol. The molecule has 2 heteroatoms. The molecule has 0 aliphatic rings. The molecule has 0 radical (unpaired) electrons. The summed E-state index contributed by atoms with van der Waals surface area (Å²) in [6.45, 7) is 6.20. The first-order valence-corrected chi connectivity index (χ1v) is 4.64. The van der Waals surface area contributed by atoms with Gasteiger partial charge in [-0.2, -0.15) is 0 Å². The maximum atomic E-state index is 13.1. The van der Waals surface area contributed by atoms with Gasteiger partial charge in [-0.25, -0.2) is 4.39 Å². The Balaban J connectivity index is 3.25. The van der Waals surface area contributed by atoms with E-state index in [0.29, 0.717) is 5.92 Å². The van der Waals surface area contributed by atoms with E-state index in [4.69, 9.17) is 5.73 Å². The Kier molecular flexibility index (Phi) is 2.91. The molecule has 1 aromatic rings. The van der Waals surface area contributed by atoms with Gasteiger partial charge in [0.05, 0.1) is 5.69 Å². The van der Waals surface area contributed by atoms with Gasteiger partial charge in [-0.15, -0.1) is 0 Å². The largest absolute Gasteiger partial charge is 0.396 e. The van der Waals surface area contributed by atoms with Crippen LogP contribution < -0.4 is 5.73 Å². The van der Waals surface area contributed by atoms with E-state index < -0.39 is 0 Å². The van der Waals surface area contributed by atoms with Crippen LogP contribution >= 0.6 is 0 Å². The van der Waals surface area contributed by atoms with Crippen molar-refractivity contribution >= 4 is 5.69 Å². The number of hydrogen-bond donors (Lipinski definition) is 1. The van der Waals surface area contributed by atoms with Gasteiger partial charge in [-0.1, -0.05) is 20.8 Å². The Labute approximate surface area is 78.8 Å². The lowest BCUT2D eigenvalue weighted by Crippen LogP contribution is -2.00. The summed E-state index contributed by atoms with van der Waals surface area (Å²) in [7, 11) is 0. The summed E-state index contributed by atoms with van der Waals surface area (Å²) in [5, 5.41) is 0. The van der Waals surface area contributed by atoms with Crippen molar-refractivity contribution in [1.82, 2.24) is 0 Å². The number of benzene rings is 1. The van der Waals surface area contributed by atoms with Crippen molar-refractivity contribution < 1.29 is 4.39 Å². The van der Waals surface area contributed by atoms with Crippen molar-refractivity contribution in [3.05, 3.63) is 29.1 Å². The second kappa shape index (κ2) is 3.77. The Hall–Kier alpha value is -1.05. The van der Waals surface area contributed by atoms with E-state index in [-0.39, 0.29) is 11.5 Å². The number of nitrogen functional groups attached to an aromatic ring is 1. The van der Waals surface area contributed by atoms with Gasteiger partial charge in [-0.05, 0) is 35.6 Å². The highest BCUT2D eigenvalue weighted by atomic mass is 19.1. The molecule has 2 N–H and O–H groups in total. The first-order chi connectivity index (χ1) is 6.06. The molecule has 0 aliphatic carbocycles. The predicted octanol–water partition coefficient (Wildman–Crippen LogP) is 3.09. The summed E-state index contributed by atoms with van der Waals surface area (Å²) >= 11 is 0. The van der Waals surface area contributed by atoms with E-state index in [2.05, 4.69) is 13.8 Å². The minimum absolute atomic E-state index is 0.251. The summed E-state index contributed by atoms with van der Waals surface area (Å²) < 4.78 is 13.1. The molecule has 72 valence electrons. The SMILES string of the molecule is CCc1cc(F)c(N)cc1C(C)C. The Bertz CT molecular complexity index is 305. The molecular formula is C11H16FN. The standard InChI is InChI=1S/C11H16FN/c1-4-8-5-10(12)11(13)6-9(8)7(2)3/h5-7H,4,13H2,1-3H3. The van der Waals surface area contributed by atoms with Crippen LogP contribution in [0.4, 0.5) is 10.1 Å². The molecular weight excluding hydrogens is 165 g/mol. The van der Waals surface area contributed by atoms with Crippen molar-refractivity contribution in [2.75, 3.05) is 5.73 Å². The molecule has 0 atom stereocenters. The zero-order valence-electron chi connectivity index (χ0n) is 8.39. The van der Waals surface area contributed by atoms with Crippen LogP contribution in [0.15, 0.2) is 12.1 Å². The average Bonchev–Trinajstić information content (AvgIpc) is 2.08. The van der Waals surface area contributed by atoms with E-state index >= 15 is 0 Å². The summed E-state index contributed by atoms with van der Waals surface area (Å²) in [6, 6.07) is 3.30. The number of anilines is 1. The summed E-state index contributed by atoms with van der Waals surface area (Å²) in [5.74, 6) is 0.0964. The molecule has 0 amide bonds. The van der Waals surface area contributed by atoms with Gasteiger partial charge in [0.15, 0.2) is 0 Å². The highest BCUT2D eigenvalue weighted by Crippen LogP contribution is 2.24. The summed E-state index contributed by atoms with van der Waals surface area (Å²) in [6.07, 6.45) is 0.852. The molecule has 1 nitrogen and oxygen atoms in total. The van der Waals surface area contributed by atoms with Gasteiger partial charge < -0.3 is 5.73 Å². The smallest absolute Gasteiger partial charge is 0.146 e. The van der Waals surface area contributed by atoms with Crippen LogP contribution in [-0.4, -0.2) is 0 Å². The second-order valence-corrected chi connectivity index (χ2v) is 3.58. The molecule has 13 heavy (non-hydrogen) atoms. The lowest BCUT2D eigenvalue weighted by Gasteiger charge is -2.12. The van der Waals surface area contributed by atoms with Gasteiger partial charge in [0.1, 0.15) is 5.82 Å². The lowest BCUT2D eigenvalue weighted by atomic mass is 9.95. The fourth-order valence-electron chi connectivity index (χ4n) is 1.49. The van der Waals surface area contributed by atoms with Crippen LogP contribution in [0.5, 0.6) is 0 Å². The molecule has 0 fully saturated rings. The van der Waals surface area contributed by atoms with E-state index in [1.54, 1.807) is 12.1 Å². The topological polar surface area (TPSA) is 26.0 Å². The van der Waals surface area contributed by atoms with Crippen molar-refractivity contribution in [2.24, 2.45) is 0 Å². The molecule has 0 aliphatic heterocycles. The third-order valence-corrected chi connectivity index (χ3v) is 2.26. The molecule has 0 unspecified atom stereocenters. The number of hydrogen-bond acceptors (Lipinski definition) is 1. The quantitative estimate of drug-likeness (QED) is 0.697. The summed E-state index contributed by atoms with van der Waals surface area (Å²) in [4.78, 5) is 0. The van der Waals surface area contributed by atoms with Crippen LogP contribution in [0.2, 0.25) is 0 Å². The van der Waals surface area contributed by atoms with Gasteiger partial charge in [-0.3, -0.25) is 0 Å². The maximum absolute atomic E-state index is 13.1. The zero-order chi connectivity index (χ0) is 10.0. The van der Waals surface area contributed by atoms with Crippen LogP contribution in [0.25, 0.3) is 0 Å². The van der Waals surface area contributed by atoms with E-state index in [1.807, 2.05) is 6.92 Å². The number of rotatable bonds is 2. The number of nitrogens with two attached hydrogens (primary N) is 1. The molecule has 1 aromatic carbocycles. The van der Waals surface area contributed by atoms with Crippen LogP contribution in [-0.2, 0) is 6.42 Å². The van der Waals surface area contributed by atoms with Crippen LogP contribution in [0.3, 0.4) is 0 Å². The molecule has 0 heterocycles. The maximum Gasteiger partial charge on any atom is 0.146 e. The van der Waals surface area contributed by atoms with Gasteiger partial charge in [0.2, 0.25) is 0 Å². The first-order valence-electron chi connectivity index (χ1n) is 4.64. The van der Waals surface area contributed by atoms with Crippen molar-refractivity contribution in [3.63, 3.8) is 0 Å². The highest BCUT2D eigenvalue weighted by molar-refractivity contribution is 5.47. The summed E-state index contributed by atoms with van der Waals surface area (Å²) in [5.41, 5.74) is 7.97. The third-order valence-electron chi connectivity index (χ3n) is 2.26. The zero-order valence-corrected chi connectivity index (χ0v) is 8.39. The second-order valence-electron chi connectivity index (χ2n) is 3.58. The molecule has 0 saturated heterocycles. The van der Waals surface area contributed by atoms with E-state index in [0.717, 1.165) is 17.5 Å². The fourth-order valence-corrected chi connectivity index (χ4v) is 1.49. The minimum Gasteiger partial charge on any atom is -0.396 e. The van der Waals surface area contributed by atoms with Crippen molar-refractivity contribution in [2.45, 2.75) is 33.1 Å². The molecule has 0 aromatic heterocycles. The average molecular weight is 181 g/mol. The Morgan fingerprint density at radius 1 is 1.38 bits per heavy atom. The van der Waals surface area contributed by atoms with E-state index in [1.165, 1.54) is 0 Å². The number of halogens is 1. The molecule has 0 spiro atoms. The van der Waals surface area contributed by atoms with Gasteiger partial charge >= 0.3 is 0 Å². The molecule has 0 saturated carbocycles. The van der Waals surface area contributed by atoms with Crippen molar-refractivity contribution in [3.8, 4) is 0 Å².